The second-order valence-electron chi connectivity index (χ2n) is 5.07. The number of aliphatic hydroxyl groups is 1. The number of hydrogen-bond acceptors (Lipinski definition) is 5. The van der Waals surface area contributed by atoms with E-state index in [0.717, 1.165) is 11.3 Å². The summed E-state index contributed by atoms with van der Waals surface area (Å²) in [5.74, 6) is -1.12. The minimum Gasteiger partial charge on any atom is -0.459 e. The van der Waals surface area contributed by atoms with Crippen LogP contribution in [0.15, 0.2) is 42.6 Å². The van der Waals surface area contributed by atoms with Crippen LogP contribution in [0, 0.1) is 6.92 Å². The van der Waals surface area contributed by atoms with Gasteiger partial charge in [0.2, 0.25) is 5.91 Å². The average molecular weight is 317 g/mol. The number of carbonyl (C=O) groups is 2. The standard InChI is InChI=1S/C16H19N3O4/c1-12-7-8-19(18-12)10-15(21)17-9-14(20)16(22)23-11-13-5-3-2-4-6-13/h2-8,14,20H,9-11H2,1H3,(H,17,21)/t14-/m1/s1. The first-order chi connectivity index (χ1) is 11.0. The second-order valence-corrected chi connectivity index (χ2v) is 5.07. The lowest BCUT2D eigenvalue weighted by molar-refractivity contribution is -0.154. The predicted octanol–water partition coefficient (Wildman–Crippen LogP) is 0.412. The fourth-order valence-corrected chi connectivity index (χ4v) is 1.87. The van der Waals surface area contributed by atoms with Crippen molar-refractivity contribution < 1.29 is 19.4 Å². The molecule has 23 heavy (non-hydrogen) atoms. The number of aryl methyl sites for hydroxylation is 1. The highest BCUT2D eigenvalue weighted by molar-refractivity contribution is 5.78. The number of ether oxygens (including phenoxy) is 1. The Bertz CT molecular complexity index is 654. The third-order valence-electron chi connectivity index (χ3n) is 3.07. The van der Waals surface area contributed by atoms with Crippen LogP contribution < -0.4 is 5.32 Å². The number of nitrogens with one attached hydrogen (secondary N) is 1. The maximum absolute atomic E-state index is 11.7. The van der Waals surface area contributed by atoms with E-state index in [9.17, 15) is 14.7 Å². The van der Waals surface area contributed by atoms with E-state index < -0.39 is 12.1 Å². The molecular formula is C16H19N3O4. The number of hydrogen-bond donors (Lipinski definition) is 2. The molecule has 0 saturated carbocycles. The molecule has 0 spiro atoms. The summed E-state index contributed by atoms with van der Waals surface area (Å²) in [4.78, 5) is 23.3. The van der Waals surface area contributed by atoms with Gasteiger partial charge in [0.05, 0.1) is 12.2 Å². The zero-order valence-corrected chi connectivity index (χ0v) is 12.8. The Morgan fingerprint density at radius 1 is 1.30 bits per heavy atom. The van der Waals surface area contributed by atoms with Crippen molar-refractivity contribution in [3.05, 3.63) is 53.9 Å². The average Bonchev–Trinajstić information content (AvgIpc) is 2.96. The number of aliphatic hydroxyl groups excluding tert-OH is 1. The summed E-state index contributed by atoms with van der Waals surface area (Å²) in [6.45, 7) is 1.73. The number of rotatable bonds is 7. The molecule has 122 valence electrons. The number of nitrogens with zero attached hydrogens (tertiary/aromatic N) is 2. The van der Waals surface area contributed by atoms with E-state index in [0.29, 0.717) is 0 Å². The summed E-state index contributed by atoms with van der Waals surface area (Å²) in [6.07, 6.45) is 0.279. The summed E-state index contributed by atoms with van der Waals surface area (Å²) >= 11 is 0. The molecule has 0 aliphatic heterocycles. The van der Waals surface area contributed by atoms with Gasteiger partial charge in [0.25, 0.3) is 0 Å². The molecular weight excluding hydrogens is 298 g/mol. The van der Waals surface area contributed by atoms with Crippen molar-refractivity contribution in [3.8, 4) is 0 Å². The van der Waals surface area contributed by atoms with E-state index in [-0.39, 0.29) is 25.6 Å². The maximum atomic E-state index is 11.7. The Morgan fingerprint density at radius 3 is 2.70 bits per heavy atom. The van der Waals surface area contributed by atoms with Gasteiger partial charge in [-0.3, -0.25) is 9.48 Å². The SMILES string of the molecule is Cc1ccn(CC(=O)NC[C@@H](O)C(=O)OCc2ccccc2)n1. The van der Waals surface area contributed by atoms with Gasteiger partial charge in [-0.15, -0.1) is 0 Å². The molecule has 0 aliphatic rings. The van der Waals surface area contributed by atoms with Crippen LogP contribution in [0.4, 0.5) is 0 Å². The molecule has 7 heteroatoms. The summed E-state index contributed by atoms with van der Waals surface area (Å²) in [5.41, 5.74) is 1.63. The molecule has 0 saturated heterocycles. The summed E-state index contributed by atoms with van der Waals surface area (Å²) in [6, 6.07) is 10.9. The third kappa shape index (κ3) is 5.55. The number of esters is 1. The van der Waals surface area contributed by atoms with E-state index in [2.05, 4.69) is 10.4 Å². The van der Waals surface area contributed by atoms with Crippen LogP contribution in [0.25, 0.3) is 0 Å². The topological polar surface area (TPSA) is 93.5 Å². The molecule has 7 nitrogen and oxygen atoms in total. The van der Waals surface area contributed by atoms with Gasteiger partial charge >= 0.3 is 5.97 Å². The molecule has 2 N–H and O–H groups in total. The van der Waals surface area contributed by atoms with Crippen molar-refractivity contribution in [2.75, 3.05) is 6.54 Å². The van der Waals surface area contributed by atoms with Crippen molar-refractivity contribution in [2.45, 2.75) is 26.2 Å². The van der Waals surface area contributed by atoms with Crippen LogP contribution in [0.2, 0.25) is 0 Å². The number of carbonyl (C=O) groups excluding carboxylic acids is 2. The van der Waals surface area contributed by atoms with Gasteiger partial charge in [0.1, 0.15) is 13.2 Å². The minimum absolute atomic E-state index is 0.0274. The Labute approximate surface area is 133 Å². The molecule has 0 aliphatic carbocycles. The van der Waals surface area contributed by atoms with Gasteiger partial charge in [-0.25, -0.2) is 4.79 Å². The molecule has 0 radical (unpaired) electrons. The lowest BCUT2D eigenvalue weighted by atomic mass is 10.2. The third-order valence-corrected chi connectivity index (χ3v) is 3.07. The van der Waals surface area contributed by atoms with E-state index in [1.54, 1.807) is 12.3 Å². The van der Waals surface area contributed by atoms with Crippen LogP contribution in [0.1, 0.15) is 11.3 Å². The quantitative estimate of drug-likeness (QED) is 0.722. The molecule has 1 amide bonds. The van der Waals surface area contributed by atoms with Gasteiger partial charge in [-0.05, 0) is 18.6 Å². The van der Waals surface area contributed by atoms with Crippen molar-refractivity contribution in [2.24, 2.45) is 0 Å². The molecule has 2 aromatic rings. The van der Waals surface area contributed by atoms with Crippen LogP contribution in [-0.2, 0) is 27.5 Å². The smallest absolute Gasteiger partial charge is 0.337 e. The molecule has 1 aromatic heterocycles. The van der Waals surface area contributed by atoms with E-state index in [1.807, 2.05) is 37.3 Å². The Morgan fingerprint density at radius 2 is 2.04 bits per heavy atom. The molecule has 1 aromatic carbocycles. The number of amides is 1. The van der Waals surface area contributed by atoms with Crippen LogP contribution >= 0.6 is 0 Å². The van der Waals surface area contributed by atoms with Crippen molar-refractivity contribution in [1.82, 2.24) is 15.1 Å². The largest absolute Gasteiger partial charge is 0.459 e. The highest BCUT2D eigenvalue weighted by Crippen LogP contribution is 2.01. The number of benzene rings is 1. The molecule has 0 fully saturated rings. The summed E-state index contributed by atoms with van der Waals surface area (Å²) < 4.78 is 6.46. The maximum Gasteiger partial charge on any atom is 0.337 e. The summed E-state index contributed by atoms with van der Waals surface area (Å²) in [5, 5.41) is 16.2. The fraction of sp³-hybridized carbons (Fsp3) is 0.312. The van der Waals surface area contributed by atoms with Gasteiger partial charge < -0.3 is 15.2 Å². The highest BCUT2D eigenvalue weighted by atomic mass is 16.5. The van der Waals surface area contributed by atoms with Crippen molar-refractivity contribution in [1.29, 1.82) is 0 Å². The zero-order chi connectivity index (χ0) is 16.7. The second kappa shape index (κ2) is 8.09. The first-order valence-corrected chi connectivity index (χ1v) is 7.20. The monoisotopic (exact) mass is 317 g/mol. The van der Waals surface area contributed by atoms with E-state index in [4.69, 9.17) is 4.74 Å². The van der Waals surface area contributed by atoms with Gasteiger partial charge in [-0.2, -0.15) is 5.10 Å². The molecule has 0 unspecified atom stereocenters. The first-order valence-electron chi connectivity index (χ1n) is 7.20. The molecule has 1 heterocycles. The van der Waals surface area contributed by atoms with Crippen LogP contribution in [0.3, 0.4) is 0 Å². The van der Waals surface area contributed by atoms with Gasteiger partial charge in [0.15, 0.2) is 6.10 Å². The zero-order valence-electron chi connectivity index (χ0n) is 12.8. The first kappa shape index (κ1) is 16.7. The van der Waals surface area contributed by atoms with E-state index >= 15 is 0 Å². The molecule has 2 rings (SSSR count). The van der Waals surface area contributed by atoms with E-state index in [1.165, 1.54) is 4.68 Å². The Kier molecular flexibility index (Phi) is 5.87. The van der Waals surface area contributed by atoms with Crippen LogP contribution in [0.5, 0.6) is 0 Å². The minimum atomic E-state index is -1.40. The Hall–Kier alpha value is -2.67. The molecule has 0 bridgehead atoms. The van der Waals surface area contributed by atoms with Crippen molar-refractivity contribution in [3.63, 3.8) is 0 Å². The highest BCUT2D eigenvalue weighted by Gasteiger charge is 2.17. The fourth-order valence-electron chi connectivity index (χ4n) is 1.87. The lowest BCUT2D eigenvalue weighted by Crippen LogP contribution is -2.39. The lowest BCUT2D eigenvalue weighted by Gasteiger charge is -2.12. The van der Waals surface area contributed by atoms with Crippen molar-refractivity contribution >= 4 is 11.9 Å². The Balaban J connectivity index is 1.70. The number of aromatic nitrogens is 2. The van der Waals surface area contributed by atoms with Crippen LogP contribution in [-0.4, -0.2) is 39.4 Å². The van der Waals surface area contributed by atoms with Gasteiger partial charge in [0, 0.05) is 6.20 Å². The van der Waals surface area contributed by atoms with Gasteiger partial charge in [-0.1, -0.05) is 30.3 Å². The normalized spacial score (nSPS) is 11.7. The molecule has 1 atom stereocenters. The predicted molar refractivity (Wildman–Crippen MR) is 82.2 cm³/mol. The summed E-state index contributed by atoms with van der Waals surface area (Å²) in [7, 11) is 0.